The maximum atomic E-state index is 12.3. The molecule has 0 spiro atoms. The second-order valence-corrected chi connectivity index (χ2v) is 7.88. The Hall–Kier alpha value is -1.98. The highest BCUT2D eigenvalue weighted by Gasteiger charge is 2.25. The van der Waals surface area contributed by atoms with Gasteiger partial charge in [-0.05, 0) is 42.2 Å². The van der Waals surface area contributed by atoms with Crippen LogP contribution in [0.25, 0.3) is 0 Å². The summed E-state index contributed by atoms with van der Waals surface area (Å²) in [6.45, 7) is 2.08. The average molecular weight is 369 g/mol. The van der Waals surface area contributed by atoms with Crippen molar-refractivity contribution in [3.63, 3.8) is 0 Å². The zero-order valence-electron chi connectivity index (χ0n) is 14.8. The normalized spacial score (nSPS) is 19.0. The third kappa shape index (κ3) is 4.05. The molecule has 2 aliphatic rings. The lowest BCUT2D eigenvalue weighted by molar-refractivity contribution is 0.0770. The molecule has 2 aliphatic heterocycles. The van der Waals surface area contributed by atoms with Crippen LogP contribution in [-0.4, -0.2) is 41.6 Å². The van der Waals surface area contributed by atoms with Gasteiger partial charge in [0.15, 0.2) is 0 Å². The van der Waals surface area contributed by atoms with Gasteiger partial charge in [0.25, 0.3) is 5.91 Å². The van der Waals surface area contributed by atoms with Gasteiger partial charge in [0.1, 0.15) is 5.75 Å². The number of carbonyl (C=O) groups is 1. The minimum Gasteiger partial charge on any atom is -0.494 e. The number of fused-ring (bicyclic) bond motifs is 1. The molecule has 2 heterocycles. The van der Waals surface area contributed by atoms with E-state index in [1.807, 2.05) is 53.1 Å². The van der Waals surface area contributed by atoms with E-state index in [1.165, 1.54) is 11.3 Å². The highest BCUT2D eigenvalue weighted by molar-refractivity contribution is 7.99. The van der Waals surface area contributed by atoms with E-state index in [0.717, 1.165) is 48.7 Å². The molecule has 136 valence electrons. The van der Waals surface area contributed by atoms with Crippen molar-refractivity contribution in [2.75, 3.05) is 24.8 Å². The number of amides is 1. The van der Waals surface area contributed by atoms with Crippen LogP contribution in [0, 0.1) is 0 Å². The van der Waals surface area contributed by atoms with Crippen molar-refractivity contribution in [2.45, 2.75) is 25.4 Å². The Morgan fingerprint density at radius 3 is 2.77 bits per heavy atom. The molecule has 1 N–H and O–H groups in total. The van der Waals surface area contributed by atoms with Crippen LogP contribution in [0.2, 0.25) is 0 Å². The van der Waals surface area contributed by atoms with Crippen LogP contribution in [-0.2, 0) is 13.0 Å². The Bertz CT molecular complexity index is 757. The molecule has 4 rings (SSSR count). The van der Waals surface area contributed by atoms with Crippen LogP contribution in [0.3, 0.4) is 0 Å². The lowest BCUT2D eigenvalue weighted by Crippen LogP contribution is -2.26. The topological polar surface area (TPSA) is 41.6 Å². The number of thioether (sulfide) groups is 1. The summed E-state index contributed by atoms with van der Waals surface area (Å²) in [5.41, 5.74) is 3.32. The van der Waals surface area contributed by atoms with Crippen LogP contribution in [0.1, 0.15) is 27.9 Å². The maximum absolute atomic E-state index is 12.3. The SMILES string of the molecule is O=C1c2ccccc2CN1CCCOc1ccc(CC2CSCN2)cc1. The third-order valence-electron chi connectivity index (χ3n) is 4.94. The predicted molar refractivity (Wildman–Crippen MR) is 106 cm³/mol. The number of nitrogens with zero attached hydrogens (tertiary/aromatic N) is 1. The fraction of sp³-hybridized carbons (Fsp3) is 0.381. The van der Waals surface area contributed by atoms with Gasteiger partial charge in [0, 0.05) is 36.3 Å². The van der Waals surface area contributed by atoms with Crippen molar-refractivity contribution < 1.29 is 9.53 Å². The third-order valence-corrected chi connectivity index (χ3v) is 5.94. The summed E-state index contributed by atoms with van der Waals surface area (Å²) >= 11 is 1.96. The van der Waals surface area contributed by atoms with Gasteiger partial charge in [0.05, 0.1) is 6.61 Å². The molecule has 0 saturated carbocycles. The summed E-state index contributed by atoms with van der Waals surface area (Å²) in [5, 5.41) is 3.50. The number of nitrogens with one attached hydrogen (secondary N) is 1. The molecule has 0 radical (unpaired) electrons. The van der Waals surface area contributed by atoms with E-state index in [9.17, 15) is 4.79 Å². The van der Waals surface area contributed by atoms with Gasteiger partial charge in [-0.1, -0.05) is 30.3 Å². The molecule has 0 aromatic heterocycles. The standard InChI is InChI=1S/C21H24N2O2S/c24-21-20-5-2-1-4-17(20)13-23(21)10-3-11-25-19-8-6-16(7-9-19)12-18-14-26-15-22-18/h1-2,4-9,18,22H,3,10-15H2. The molecule has 1 amide bonds. The van der Waals surface area contributed by atoms with Crippen LogP contribution >= 0.6 is 11.8 Å². The second-order valence-electron chi connectivity index (χ2n) is 6.85. The Labute approximate surface area is 158 Å². The van der Waals surface area contributed by atoms with Gasteiger partial charge in [-0.25, -0.2) is 0 Å². The first-order valence-electron chi connectivity index (χ1n) is 9.19. The van der Waals surface area contributed by atoms with Crippen molar-refractivity contribution in [3.05, 3.63) is 65.2 Å². The highest BCUT2D eigenvalue weighted by atomic mass is 32.2. The zero-order valence-corrected chi connectivity index (χ0v) is 15.6. The van der Waals surface area contributed by atoms with Crippen LogP contribution in [0.5, 0.6) is 5.75 Å². The Kier molecular flexibility index (Phi) is 5.46. The van der Waals surface area contributed by atoms with Crippen molar-refractivity contribution >= 4 is 17.7 Å². The lowest BCUT2D eigenvalue weighted by Gasteiger charge is -2.16. The Morgan fingerprint density at radius 2 is 2.00 bits per heavy atom. The van der Waals surface area contributed by atoms with Gasteiger partial charge in [-0.3, -0.25) is 4.79 Å². The van der Waals surface area contributed by atoms with E-state index in [-0.39, 0.29) is 5.91 Å². The Balaban J connectivity index is 1.20. The predicted octanol–water partition coefficient (Wildman–Crippen LogP) is 3.32. The van der Waals surface area contributed by atoms with Gasteiger partial charge in [-0.15, -0.1) is 11.8 Å². The summed E-state index contributed by atoms with van der Waals surface area (Å²) in [5.74, 6) is 3.30. The molecule has 0 aliphatic carbocycles. The van der Waals surface area contributed by atoms with Crippen LogP contribution in [0.4, 0.5) is 0 Å². The number of hydrogen-bond donors (Lipinski definition) is 1. The van der Waals surface area contributed by atoms with Crippen molar-refractivity contribution in [1.82, 2.24) is 10.2 Å². The van der Waals surface area contributed by atoms with E-state index >= 15 is 0 Å². The molecule has 2 aromatic rings. The van der Waals surface area contributed by atoms with E-state index < -0.39 is 0 Å². The first-order chi connectivity index (χ1) is 12.8. The van der Waals surface area contributed by atoms with Crippen molar-refractivity contribution in [1.29, 1.82) is 0 Å². The van der Waals surface area contributed by atoms with Crippen molar-refractivity contribution in [3.8, 4) is 5.75 Å². The number of rotatable bonds is 7. The first-order valence-corrected chi connectivity index (χ1v) is 10.3. The number of hydrogen-bond acceptors (Lipinski definition) is 4. The number of carbonyl (C=O) groups excluding carboxylic acids is 1. The highest BCUT2D eigenvalue weighted by Crippen LogP contribution is 2.22. The zero-order chi connectivity index (χ0) is 17.8. The van der Waals surface area contributed by atoms with Gasteiger partial charge in [-0.2, -0.15) is 0 Å². The molecule has 1 atom stereocenters. The molecular formula is C21H24N2O2S. The molecule has 1 unspecified atom stereocenters. The second kappa shape index (κ2) is 8.14. The molecule has 4 nitrogen and oxygen atoms in total. The largest absolute Gasteiger partial charge is 0.494 e. The van der Waals surface area contributed by atoms with Crippen LogP contribution < -0.4 is 10.1 Å². The minimum absolute atomic E-state index is 0.142. The van der Waals surface area contributed by atoms with Gasteiger partial charge >= 0.3 is 0 Å². The van der Waals surface area contributed by atoms with Crippen LogP contribution in [0.15, 0.2) is 48.5 Å². The summed E-state index contributed by atoms with van der Waals surface area (Å²) in [7, 11) is 0. The smallest absolute Gasteiger partial charge is 0.254 e. The average Bonchev–Trinajstić information content (AvgIpc) is 3.29. The molecule has 1 fully saturated rings. The maximum Gasteiger partial charge on any atom is 0.254 e. The molecular weight excluding hydrogens is 344 g/mol. The van der Waals surface area contributed by atoms with E-state index in [4.69, 9.17) is 4.74 Å². The monoisotopic (exact) mass is 368 g/mol. The number of ether oxygens (including phenoxy) is 1. The van der Waals surface area contributed by atoms with Gasteiger partial charge in [0.2, 0.25) is 0 Å². The summed E-state index contributed by atoms with van der Waals surface area (Å²) in [6, 6.07) is 16.9. The quantitative estimate of drug-likeness (QED) is 0.762. The summed E-state index contributed by atoms with van der Waals surface area (Å²) in [4.78, 5) is 14.2. The molecule has 26 heavy (non-hydrogen) atoms. The Morgan fingerprint density at radius 1 is 1.15 bits per heavy atom. The van der Waals surface area contributed by atoms with E-state index in [0.29, 0.717) is 12.6 Å². The number of benzene rings is 2. The molecule has 1 saturated heterocycles. The molecule has 2 aromatic carbocycles. The fourth-order valence-electron chi connectivity index (χ4n) is 3.51. The minimum atomic E-state index is 0.142. The molecule has 0 bridgehead atoms. The fourth-order valence-corrected chi connectivity index (χ4v) is 4.51. The summed E-state index contributed by atoms with van der Waals surface area (Å²) < 4.78 is 5.85. The van der Waals surface area contributed by atoms with Gasteiger partial charge < -0.3 is 15.0 Å². The summed E-state index contributed by atoms with van der Waals surface area (Å²) in [6.07, 6.45) is 1.91. The first kappa shape index (κ1) is 17.4. The van der Waals surface area contributed by atoms with Crippen molar-refractivity contribution in [2.24, 2.45) is 0 Å². The molecule has 5 heteroatoms. The van der Waals surface area contributed by atoms with E-state index in [2.05, 4.69) is 17.4 Å². The lowest BCUT2D eigenvalue weighted by atomic mass is 10.1. The van der Waals surface area contributed by atoms with E-state index in [1.54, 1.807) is 0 Å².